The summed E-state index contributed by atoms with van der Waals surface area (Å²) in [5, 5.41) is 8.92. The van der Waals surface area contributed by atoms with Crippen molar-refractivity contribution in [2.24, 2.45) is 0 Å². The minimum absolute atomic E-state index is 0.0538. The number of aromatic nitrogens is 1. The lowest BCUT2D eigenvalue weighted by Gasteiger charge is -2.12. The van der Waals surface area contributed by atoms with Crippen molar-refractivity contribution in [2.75, 3.05) is 0 Å². The average Bonchev–Trinajstić information content (AvgIpc) is 2.44. The number of ether oxygens (including phenoxy) is 1. The van der Waals surface area contributed by atoms with Crippen molar-refractivity contribution >= 4 is 0 Å². The van der Waals surface area contributed by atoms with Gasteiger partial charge in [-0.15, -0.1) is 13.2 Å². The molecule has 2 aromatic rings. The topological polar surface area (TPSA) is 45.9 Å². The Labute approximate surface area is 125 Å². The molecular formula is C14H6F6N2O. The summed E-state index contributed by atoms with van der Waals surface area (Å²) in [6.07, 6.45) is -9.16. The van der Waals surface area contributed by atoms with Crippen LogP contribution in [0.15, 0.2) is 36.5 Å². The van der Waals surface area contributed by atoms with E-state index in [-0.39, 0.29) is 16.8 Å². The molecule has 23 heavy (non-hydrogen) atoms. The summed E-state index contributed by atoms with van der Waals surface area (Å²) in [6, 6.07) is 6.54. The van der Waals surface area contributed by atoms with Gasteiger partial charge in [-0.1, -0.05) is 12.1 Å². The van der Waals surface area contributed by atoms with E-state index in [1.807, 2.05) is 0 Å². The highest BCUT2D eigenvalue weighted by molar-refractivity contribution is 5.70. The van der Waals surface area contributed by atoms with Gasteiger partial charge in [0.15, 0.2) is 0 Å². The smallest absolute Gasteiger partial charge is 0.406 e. The molecule has 0 aliphatic heterocycles. The highest BCUT2D eigenvalue weighted by atomic mass is 19.4. The van der Waals surface area contributed by atoms with E-state index in [9.17, 15) is 26.3 Å². The fourth-order valence-corrected chi connectivity index (χ4v) is 1.79. The maximum atomic E-state index is 12.7. The molecule has 0 fully saturated rings. The zero-order chi connectivity index (χ0) is 17.3. The van der Waals surface area contributed by atoms with Gasteiger partial charge in [-0.2, -0.15) is 18.4 Å². The SMILES string of the molecule is N#Cc1ncc(C(F)(F)F)cc1-c1cccc(OC(F)(F)F)c1. The number of nitrogens with zero attached hydrogens (tertiary/aromatic N) is 2. The Morgan fingerprint density at radius 2 is 1.74 bits per heavy atom. The zero-order valence-electron chi connectivity index (χ0n) is 11.0. The molecule has 1 aromatic heterocycles. The van der Waals surface area contributed by atoms with Crippen molar-refractivity contribution in [3.05, 3.63) is 47.8 Å². The van der Waals surface area contributed by atoms with Crippen molar-refractivity contribution < 1.29 is 31.1 Å². The van der Waals surface area contributed by atoms with Crippen LogP contribution in [0.1, 0.15) is 11.3 Å². The first-order valence-corrected chi connectivity index (χ1v) is 5.93. The quantitative estimate of drug-likeness (QED) is 0.759. The molecule has 0 unspecified atom stereocenters. The second kappa shape index (κ2) is 5.79. The van der Waals surface area contributed by atoms with Gasteiger partial charge in [-0.25, -0.2) is 4.98 Å². The number of nitriles is 1. The summed E-state index contributed by atoms with van der Waals surface area (Å²) in [4.78, 5) is 3.40. The highest BCUT2D eigenvalue weighted by Crippen LogP contribution is 2.34. The lowest BCUT2D eigenvalue weighted by Crippen LogP contribution is -2.17. The Morgan fingerprint density at radius 1 is 1.04 bits per heavy atom. The van der Waals surface area contributed by atoms with Crippen molar-refractivity contribution in [2.45, 2.75) is 12.5 Å². The molecule has 3 nitrogen and oxygen atoms in total. The predicted molar refractivity (Wildman–Crippen MR) is 66.1 cm³/mol. The van der Waals surface area contributed by atoms with Crippen LogP contribution in [0.5, 0.6) is 5.75 Å². The summed E-state index contributed by atoms with van der Waals surface area (Å²) in [7, 11) is 0. The van der Waals surface area contributed by atoms with Gasteiger partial charge < -0.3 is 4.74 Å². The first-order chi connectivity index (χ1) is 10.6. The summed E-state index contributed by atoms with van der Waals surface area (Å²) in [6.45, 7) is 0. The molecule has 0 saturated carbocycles. The third-order valence-electron chi connectivity index (χ3n) is 2.70. The fourth-order valence-electron chi connectivity index (χ4n) is 1.79. The lowest BCUT2D eigenvalue weighted by molar-refractivity contribution is -0.274. The Morgan fingerprint density at radius 3 is 2.30 bits per heavy atom. The normalized spacial score (nSPS) is 11.9. The van der Waals surface area contributed by atoms with Crippen LogP contribution in [0.3, 0.4) is 0 Å². The number of benzene rings is 1. The van der Waals surface area contributed by atoms with E-state index in [4.69, 9.17) is 5.26 Å². The van der Waals surface area contributed by atoms with Crippen LogP contribution in [0.2, 0.25) is 0 Å². The first-order valence-electron chi connectivity index (χ1n) is 5.93. The van der Waals surface area contributed by atoms with E-state index in [1.54, 1.807) is 6.07 Å². The number of rotatable bonds is 2. The third kappa shape index (κ3) is 4.12. The minimum Gasteiger partial charge on any atom is -0.406 e. The number of hydrogen-bond acceptors (Lipinski definition) is 3. The molecule has 0 amide bonds. The monoisotopic (exact) mass is 332 g/mol. The largest absolute Gasteiger partial charge is 0.573 e. The van der Waals surface area contributed by atoms with Gasteiger partial charge in [0, 0.05) is 11.8 Å². The zero-order valence-corrected chi connectivity index (χ0v) is 11.0. The van der Waals surface area contributed by atoms with E-state index < -0.39 is 23.9 Å². The van der Waals surface area contributed by atoms with E-state index >= 15 is 0 Å². The molecule has 2 rings (SSSR count). The minimum atomic E-state index is -4.94. The average molecular weight is 332 g/mol. The molecule has 0 saturated heterocycles. The van der Waals surface area contributed by atoms with Gasteiger partial charge >= 0.3 is 12.5 Å². The van der Waals surface area contributed by atoms with Gasteiger partial charge in [0.05, 0.1) is 5.56 Å². The molecule has 0 spiro atoms. The molecule has 9 heteroatoms. The molecule has 0 atom stereocenters. The molecule has 0 aliphatic rings. The van der Waals surface area contributed by atoms with Gasteiger partial charge in [0.25, 0.3) is 0 Å². The molecule has 0 aliphatic carbocycles. The first kappa shape index (κ1) is 16.6. The lowest BCUT2D eigenvalue weighted by atomic mass is 10.0. The number of hydrogen-bond donors (Lipinski definition) is 0. The number of pyridine rings is 1. The predicted octanol–water partition coefficient (Wildman–Crippen LogP) is 4.54. The number of halogens is 6. The summed E-state index contributed by atoms with van der Waals surface area (Å²) in [5.41, 5.74) is -1.76. The van der Waals surface area contributed by atoms with E-state index in [0.29, 0.717) is 12.3 Å². The molecule has 0 radical (unpaired) electrons. The van der Waals surface area contributed by atoms with Crippen molar-refractivity contribution in [1.29, 1.82) is 5.26 Å². The van der Waals surface area contributed by atoms with Crippen LogP contribution in [0.4, 0.5) is 26.3 Å². The third-order valence-corrected chi connectivity index (χ3v) is 2.70. The Kier molecular flexibility index (Phi) is 4.18. The summed E-state index contributed by atoms with van der Waals surface area (Å²) < 4.78 is 78.5. The van der Waals surface area contributed by atoms with E-state index in [0.717, 1.165) is 18.2 Å². The Bertz CT molecular complexity index is 761. The van der Waals surface area contributed by atoms with Gasteiger partial charge in [0.1, 0.15) is 17.5 Å². The van der Waals surface area contributed by atoms with E-state index in [1.165, 1.54) is 6.07 Å². The van der Waals surface area contributed by atoms with Crippen LogP contribution in [-0.2, 0) is 6.18 Å². The van der Waals surface area contributed by atoms with Crippen molar-refractivity contribution in [3.8, 4) is 22.9 Å². The van der Waals surface area contributed by atoms with Gasteiger partial charge in [-0.05, 0) is 23.8 Å². The van der Waals surface area contributed by atoms with Crippen LogP contribution < -0.4 is 4.74 Å². The van der Waals surface area contributed by atoms with Crippen LogP contribution >= 0.6 is 0 Å². The standard InChI is InChI=1S/C14H6F6N2O/c15-13(16,17)9-5-11(12(6-21)22-7-9)8-2-1-3-10(4-8)23-14(18,19)20/h1-5,7H. The van der Waals surface area contributed by atoms with Crippen LogP contribution in [0.25, 0.3) is 11.1 Å². The van der Waals surface area contributed by atoms with Crippen molar-refractivity contribution in [3.63, 3.8) is 0 Å². The fraction of sp³-hybridized carbons (Fsp3) is 0.143. The molecule has 120 valence electrons. The van der Waals surface area contributed by atoms with Crippen LogP contribution in [0, 0.1) is 11.3 Å². The Hall–Kier alpha value is -2.76. The molecule has 0 N–H and O–H groups in total. The maximum Gasteiger partial charge on any atom is 0.573 e. The summed E-state index contributed by atoms with van der Waals surface area (Å²) >= 11 is 0. The second-order valence-corrected chi connectivity index (χ2v) is 4.31. The van der Waals surface area contributed by atoms with E-state index in [2.05, 4.69) is 9.72 Å². The second-order valence-electron chi connectivity index (χ2n) is 4.31. The molecule has 0 bridgehead atoms. The molecule has 1 heterocycles. The molecular weight excluding hydrogens is 326 g/mol. The van der Waals surface area contributed by atoms with Crippen LogP contribution in [-0.4, -0.2) is 11.3 Å². The van der Waals surface area contributed by atoms with Gasteiger partial charge in [0.2, 0.25) is 0 Å². The summed E-state index contributed by atoms with van der Waals surface area (Å²) in [5.74, 6) is -0.615. The number of alkyl halides is 6. The van der Waals surface area contributed by atoms with Gasteiger partial charge in [-0.3, -0.25) is 0 Å². The van der Waals surface area contributed by atoms with Crippen molar-refractivity contribution in [1.82, 2.24) is 4.98 Å². The molecule has 1 aromatic carbocycles. The maximum absolute atomic E-state index is 12.7. The highest BCUT2D eigenvalue weighted by Gasteiger charge is 2.33. The Balaban J connectivity index is 2.53.